The van der Waals surface area contributed by atoms with Gasteiger partial charge in [-0.3, -0.25) is 9.80 Å². The Morgan fingerprint density at radius 2 is 1.81 bits per heavy atom. The molecular formula is C18H21F3N2O4. The zero-order valence-electron chi connectivity index (χ0n) is 15.1. The van der Waals surface area contributed by atoms with Crippen LogP contribution < -0.4 is 0 Å². The summed E-state index contributed by atoms with van der Waals surface area (Å²) in [6, 6.07) is 9.76. The van der Waals surface area contributed by atoms with Gasteiger partial charge in [0.2, 0.25) is 5.72 Å². The molecule has 6 nitrogen and oxygen atoms in total. The number of carbonyl (C=O) groups excluding carboxylic acids is 2. The van der Waals surface area contributed by atoms with E-state index in [9.17, 15) is 22.8 Å². The van der Waals surface area contributed by atoms with Crippen molar-refractivity contribution in [3.8, 4) is 0 Å². The van der Waals surface area contributed by atoms with Crippen molar-refractivity contribution >= 4 is 12.1 Å². The van der Waals surface area contributed by atoms with Crippen LogP contribution in [0.15, 0.2) is 30.3 Å². The highest BCUT2D eigenvalue weighted by atomic mass is 19.4. The van der Waals surface area contributed by atoms with Crippen LogP contribution in [0.3, 0.4) is 0 Å². The van der Waals surface area contributed by atoms with Crippen molar-refractivity contribution in [1.29, 1.82) is 0 Å². The van der Waals surface area contributed by atoms with E-state index in [1.54, 1.807) is 0 Å². The number of piperidine rings is 1. The van der Waals surface area contributed by atoms with Crippen molar-refractivity contribution in [3.63, 3.8) is 0 Å². The largest absolute Gasteiger partial charge is 0.491 e. The van der Waals surface area contributed by atoms with Gasteiger partial charge < -0.3 is 9.47 Å². The standard InChI is InChI=1S/C18H21F3N2O4/c1-16(26-14(24)18(19,20)21)17(27-15(25)22(16)2)8-10-23(11-9-17)12-13-6-4-3-5-7-13/h3-7H,8-12H2,1-2H3. The summed E-state index contributed by atoms with van der Waals surface area (Å²) in [5.41, 5.74) is -2.03. The van der Waals surface area contributed by atoms with Crippen molar-refractivity contribution in [3.05, 3.63) is 35.9 Å². The Morgan fingerprint density at radius 1 is 1.22 bits per heavy atom. The highest BCUT2D eigenvalue weighted by Gasteiger charge is 2.66. The van der Waals surface area contributed by atoms with Gasteiger partial charge in [-0.1, -0.05) is 30.3 Å². The van der Waals surface area contributed by atoms with E-state index in [0.717, 1.165) is 10.5 Å². The van der Waals surface area contributed by atoms with Gasteiger partial charge in [-0.25, -0.2) is 9.59 Å². The molecule has 148 valence electrons. The van der Waals surface area contributed by atoms with E-state index in [1.165, 1.54) is 14.0 Å². The number of esters is 1. The van der Waals surface area contributed by atoms with E-state index in [1.807, 2.05) is 30.3 Å². The molecule has 0 N–H and O–H groups in total. The molecule has 0 bridgehead atoms. The summed E-state index contributed by atoms with van der Waals surface area (Å²) in [6.45, 7) is 2.97. The number of halogens is 3. The van der Waals surface area contributed by atoms with Crippen LogP contribution in [0.5, 0.6) is 0 Å². The molecule has 9 heteroatoms. The van der Waals surface area contributed by atoms with Crippen LogP contribution >= 0.6 is 0 Å². The Hall–Kier alpha value is -2.29. The number of carbonyl (C=O) groups is 2. The van der Waals surface area contributed by atoms with Gasteiger partial charge in [0.05, 0.1) is 0 Å². The first kappa shape index (κ1) is 19.5. The lowest BCUT2D eigenvalue weighted by atomic mass is 9.81. The highest BCUT2D eigenvalue weighted by Crippen LogP contribution is 2.47. The van der Waals surface area contributed by atoms with Crippen molar-refractivity contribution in [2.45, 2.75) is 43.8 Å². The van der Waals surface area contributed by atoms with Crippen molar-refractivity contribution < 1.29 is 32.2 Å². The second-order valence-electron chi connectivity index (χ2n) is 7.05. The summed E-state index contributed by atoms with van der Waals surface area (Å²) in [6.07, 6.45) is -5.43. The molecule has 0 saturated carbocycles. The molecule has 1 aromatic rings. The third-order valence-corrected chi connectivity index (χ3v) is 5.48. The van der Waals surface area contributed by atoms with Crippen molar-refractivity contribution in [2.24, 2.45) is 0 Å². The molecule has 1 unspecified atom stereocenters. The predicted molar refractivity (Wildman–Crippen MR) is 88.5 cm³/mol. The number of amides is 1. The molecule has 0 aromatic heterocycles. The summed E-state index contributed by atoms with van der Waals surface area (Å²) in [5, 5.41) is 0. The molecule has 1 amide bonds. The predicted octanol–water partition coefficient (Wildman–Crippen LogP) is 2.92. The van der Waals surface area contributed by atoms with E-state index >= 15 is 0 Å². The van der Waals surface area contributed by atoms with Crippen LogP contribution in [-0.2, 0) is 20.8 Å². The third kappa shape index (κ3) is 3.47. The van der Waals surface area contributed by atoms with E-state index in [2.05, 4.69) is 4.90 Å². The van der Waals surface area contributed by atoms with Gasteiger partial charge in [-0.05, 0) is 12.5 Å². The molecule has 2 saturated heterocycles. The summed E-state index contributed by atoms with van der Waals surface area (Å²) >= 11 is 0. The lowest BCUT2D eigenvalue weighted by molar-refractivity contribution is -0.241. The van der Waals surface area contributed by atoms with Crippen LogP contribution in [0.25, 0.3) is 0 Å². The molecule has 27 heavy (non-hydrogen) atoms. The normalized spacial score (nSPS) is 25.5. The van der Waals surface area contributed by atoms with Gasteiger partial charge in [-0.2, -0.15) is 13.2 Å². The number of likely N-dealkylation sites (tertiary alicyclic amines) is 1. The summed E-state index contributed by atoms with van der Waals surface area (Å²) in [5.74, 6) is -2.33. The SMILES string of the molecule is CN1C(=O)OC2(CCN(Cc3ccccc3)CC2)C1(C)OC(=O)C(F)(F)F. The Balaban J connectivity index is 1.75. The fourth-order valence-corrected chi connectivity index (χ4v) is 3.69. The van der Waals surface area contributed by atoms with Crippen LogP contribution in [0, 0.1) is 0 Å². The molecule has 2 aliphatic heterocycles. The molecule has 0 radical (unpaired) electrons. The van der Waals surface area contributed by atoms with Crippen molar-refractivity contribution in [2.75, 3.05) is 20.1 Å². The van der Waals surface area contributed by atoms with Crippen LogP contribution in [0.2, 0.25) is 0 Å². The number of hydrogen-bond acceptors (Lipinski definition) is 5. The molecule has 1 aromatic carbocycles. The Morgan fingerprint density at radius 3 is 2.37 bits per heavy atom. The number of ether oxygens (including phenoxy) is 2. The average Bonchev–Trinajstić information content (AvgIpc) is 2.78. The monoisotopic (exact) mass is 386 g/mol. The maximum atomic E-state index is 12.7. The number of hydrogen-bond donors (Lipinski definition) is 0. The molecule has 1 atom stereocenters. The van der Waals surface area contributed by atoms with Crippen molar-refractivity contribution in [1.82, 2.24) is 9.80 Å². The van der Waals surface area contributed by atoms with Gasteiger partial charge in [0, 0.05) is 39.5 Å². The third-order valence-electron chi connectivity index (χ3n) is 5.48. The average molecular weight is 386 g/mol. The summed E-state index contributed by atoms with van der Waals surface area (Å²) in [7, 11) is 1.27. The number of likely N-dealkylation sites (N-methyl/N-ethyl adjacent to an activating group) is 1. The lowest BCUT2D eigenvalue weighted by Crippen LogP contribution is -2.62. The number of rotatable bonds is 3. The number of alkyl halides is 3. The Kier molecular flexibility index (Phi) is 4.83. The fraction of sp³-hybridized carbons (Fsp3) is 0.556. The highest BCUT2D eigenvalue weighted by molar-refractivity contribution is 5.78. The van der Waals surface area contributed by atoms with Gasteiger partial charge in [-0.15, -0.1) is 0 Å². The zero-order valence-corrected chi connectivity index (χ0v) is 15.1. The first-order chi connectivity index (χ1) is 12.6. The number of nitrogens with zero attached hydrogens (tertiary/aromatic N) is 2. The Bertz CT molecular complexity index is 717. The smallest absolute Gasteiger partial charge is 0.436 e. The second kappa shape index (κ2) is 6.70. The minimum Gasteiger partial charge on any atom is -0.436 e. The first-order valence-electron chi connectivity index (χ1n) is 8.61. The van der Waals surface area contributed by atoms with E-state index in [-0.39, 0.29) is 12.8 Å². The van der Waals surface area contributed by atoms with Gasteiger partial charge in [0.15, 0.2) is 5.60 Å². The topological polar surface area (TPSA) is 59.1 Å². The van der Waals surface area contributed by atoms with Crippen LogP contribution in [0.1, 0.15) is 25.3 Å². The minimum absolute atomic E-state index is 0.261. The molecule has 2 heterocycles. The summed E-state index contributed by atoms with van der Waals surface area (Å²) in [4.78, 5) is 26.6. The quantitative estimate of drug-likeness (QED) is 0.748. The molecule has 3 rings (SSSR count). The second-order valence-corrected chi connectivity index (χ2v) is 7.05. The molecule has 2 fully saturated rings. The minimum atomic E-state index is -5.15. The molecular weight excluding hydrogens is 365 g/mol. The lowest BCUT2D eigenvalue weighted by Gasteiger charge is -2.46. The Labute approximate surface area is 154 Å². The molecule has 1 spiro atoms. The maximum Gasteiger partial charge on any atom is 0.491 e. The zero-order chi connectivity index (χ0) is 19.9. The van der Waals surface area contributed by atoms with Gasteiger partial charge >= 0.3 is 18.2 Å². The fourth-order valence-electron chi connectivity index (χ4n) is 3.69. The van der Waals surface area contributed by atoms with Crippen LogP contribution in [0.4, 0.5) is 18.0 Å². The van der Waals surface area contributed by atoms with E-state index in [0.29, 0.717) is 19.6 Å². The van der Waals surface area contributed by atoms with Gasteiger partial charge in [0.1, 0.15) is 0 Å². The summed E-state index contributed by atoms with van der Waals surface area (Å²) < 4.78 is 48.4. The van der Waals surface area contributed by atoms with Crippen LogP contribution in [-0.4, -0.2) is 59.5 Å². The molecule has 0 aliphatic carbocycles. The maximum absolute atomic E-state index is 12.7. The van der Waals surface area contributed by atoms with E-state index < -0.39 is 29.6 Å². The van der Waals surface area contributed by atoms with Gasteiger partial charge in [0.25, 0.3) is 0 Å². The molecule has 2 aliphatic rings. The van der Waals surface area contributed by atoms with E-state index in [4.69, 9.17) is 9.47 Å². The number of benzene rings is 1. The first-order valence-corrected chi connectivity index (χ1v) is 8.61.